The topological polar surface area (TPSA) is 120 Å². The predicted octanol–water partition coefficient (Wildman–Crippen LogP) is 3.89. The van der Waals surface area contributed by atoms with Crippen molar-refractivity contribution < 1.29 is 13.2 Å². The van der Waals surface area contributed by atoms with Gasteiger partial charge < -0.3 is 9.88 Å². The summed E-state index contributed by atoms with van der Waals surface area (Å²) in [6.07, 6.45) is 1.54. The Morgan fingerprint density at radius 3 is 2.69 bits per heavy atom. The fraction of sp³-hybridized carbons (Fsp3) is 0.318. The summed E-state index contributed by atoms with van der Waals surface area (Å²) >= 11 is 1.46. The van der Waals surface area contributed by atoms with Gasteiger partial charge in [-0.3, -0.25) is 4.79 Å². The van der Waals surface area contributed by atoms with Crippen LogP contribution in [0.4, 0.5) is 5.13 Å². The molecule has 2 aromatic heterocycles. The van der Waals surface area contributed by atoms with Crippen molar-refractivity contribution in [2.24, 2.45) is 5.14 Å². The van der Waals surface area contributed by atoms with E-state index in [4.69, 9.17) is 5.14 Å². The second-order valence-corrected chi connectivity index (χ2v) is 10.5. The van der Waals surface area contributed by atoms with Gasteiger partial charge in [0.1, 0.15) is 5.82 Å². The molecule has 4 aromatic rings. The number of carbonyl (C=O) groups is 1. The van der Waals surface area contributed by atoms with E-state index in [2.05, 4.69) is 34.3 Å². The molecule has 0 aliphatic heterocycles. The predicted molar refractivity (Wildman–Crippen MR) is 127 cm³/mol. The Bertz CT molecular complexity index is 1440. The second kappa shape index (κ2) is 8.61. The van der Waals surface area contributed by atoms with Crippen molar-refractivity contribution in [3.05, 3.63) is 47.3 Å². The number of nitrogens with two attached hydrogens (primary N) is 1. The number of aromatic nitrogens is 3. The van der Waals surface area contributed by atoms with Gasteiger partial charge in [-0.25, -0.2) is 23.5 Å². The van der Waals surface area contributed by atoms with E-state index in [-0.39, 0.29) is 17.2 Å². The first-order chi connectivity index (χ1) is 15.2. The fourth-order valence-electron chi connectivity index (χ4n) is 3.83. The summed E-state index contributed by atoms with van der Waals surface area (Å²) in [5.74, 6) is 0.595. The third-order valence-corrected chi connectivity index (χ3v) is 7.06. The number of hydrogen-bond donors (Lipinski definition) is 2. The Kier molecular flexibility index (Phi) is 6.02. The zero-order chi connectivity index (χ0) is 23.0. The van der Waals surface area contributed by atoms with Crippen LogP contribution >= 0.6 is 11.3 Å². The SMILES string of the molecule is CCCn1c(CCC(=O)Nc2nc3c(C)cc(C)cc3s2)nc2cc(S(N)(=O)=O)ccc21. The van der Waals surface area contributed by atoms with E-state index >= 15 is 0 Å². The third kappa shape index (κ3) is 4.52. The number of nitrogens with zero attached hydrogens (tertiary/aromatic N) is 3. The number of nitrogens with one attached hydrogen (secondary N) is 1. The maximum absolute atomic E-state index is 12.6. The van der Waals surface area contributed by atoms with Gasteiger partial charge in [-0.2, -0.15) is 0 Å². The quantitative estimate of drug-likeness (QED) is 0.424. The van der Waals surface area contributed by atoms with Crippen molar-refractivity contribution in [3.63, 3.8) is 0 Å². The van der Waals surface area contributed by atoms with E-state index in [0.717, 1.165) is 45.7 Å². The minimum absolute atomic E-state index is 0.0248. The number of fused-ring (bicyclic) bond motifs is 2. The maximum atomic E-state index is 12.6. The molecule has 0 aliphatic rings. The molecule has 3 N–H and O–H groups in total. The molecule has 0 aliphatic carbocycles. The molecule has 4 rings (SSSR count). The number of thiazole rings is 1. The number of benzene rings is 2. The highest BCUT2D eigenvalue weighted by Crippen LogP contribution is 2.29. The molecule has 0 saturated carbocycles. The van der Waals surface area contributed by atoms with Crippen molar-refractivity contribution in [2.45, 2.75) is 51.5 Å². The number of carbonyl (C=O) groups excluding carboxylic acids is 1. The van der Waals surface area contributed by atoms with Crippen LogP contribution in [0.5, 0.6) is 0 Å². The molecular weight excluding hydrogens is 446 g/mol. The highest BCUT2D eigenvalue weighted by atomic mass is 32.2. The number of primary sulfonamides is 1. The summed E-state index contributed by atoms with van der Waals surface area (Å²) in [4.78, 5) is 21.8. The van der Waals surface area contributed by atoms with E-state index in [1.807, 2.05) is 18.4 Å². The van der Waals surface area contributed by atoms with Gasteiger partial charge >= 0.3 is 0 Å². The first-order valence-electron chi connectivity index (χ1n) is 10.4. The van der Waals surface area contributed by atoms with E-state index in [0.29, 0.717) is 17.1 Å². The number of hydrogen-bond acceptors (Lipinski definition) is 6. The normalized spacial score (nSPS) is 12.0. The summed E-state index contributed by atoms with van der Waals surface area (Å²) in [5, 5.41) is 8.73. The Morgan fingerprint density at radius 1 is 1.19 bits per heavy atom. The van der Waals surface area contributed by atoms with Crippen LogP contribution in [0.1, 0.15) is 36.7 Å². The molecule has 1 amide bonds. The number of rotatable bonds is 7. The summed E-state index contributed by atoms with van der Waals surface area (Å²) in [6.45, 7) is 6.83. The summed E-state index contributed by atoms with van der Waals surface area (Å²) in [7, 11) is -3.81. The number of aryl methyl sites for hydroxylation is 4. The minimum Gasteiger partial charge on any atom is -0.328 e. The van der Waals surface area contributed by atoms with E-state index < -0.39 is 10.0 Å². The monoisotopic (exact) mass is 471 g/mol. The molecule has 10 heteroatoms. The van der Waals surface area contributed by atoms with Gasteiger partial charge in [0, 0.05) is 19.4 Å². The lowest BCUT2D eigenvalue weighted by Crippen LogP contribution is -2.14. The van der Waals surface area contributed by atoms with Gasteiger partial charge in [-0.05, 0) is 55.7 Å². The van der Waals surface area contributed by atoms with Gasteiger partial charge in [0.2, 0.25) is 15.9 Å². The molecule has 32 heavy (non-hydrogen) atoms. The number of sulfonamides is 1. The smallest absolute Gasteiger partial charge is 0.238 e. The highest BCUT2D eigenvalue weighted by Gasteiger charge is 2.16. The average molecular weight is 472 g/mol. The minimum atomic E-state index is -3.81. The van der Waals surface area contributed by atoms with Gasteiger partial charge in [-0.1, -0.05) is 24.3 Å². The molecule has 0 atom stereocenters. The van der Waals surface area contributed by atoms with Crippen LogP contribution in [0.15, 0.2) is 35.2 Å². The van der Waals surface area contributed by atoms with Crippen LogP contribution in [0.2, 0.25) is 0 Å². The molecule has 0 fully saturated rings. The summed E-state index contributed by atoms with van der Waals surface area (Å²) in [6, 6.07) is 8.82. The average Bonchev–Trinajstić information content (AvgIpc) is 3.26. The van der Waals surface area contributed by atoms with Crippen molar-refractivity contribution in [1.82, 2.24) is 14.5 Å². The van der Waals surface area contributed by atoms with Gasteiger partial charge in [0.05, 0.1) is 26.1 Å². The largest absolute Gasteiger partial charge is 0.328 e. The number of anilines is 1. The summed E-state index contributed by atoms with van der Waals surface area (Å²) < 4.78 is 26.4. The van der Waals surface area contributed by atoms with Crippen LogP contribution in [0.25, 0.3) is 21.3 Å². The van der Waals surface area contributed by atoms with Crippen molar-refractivity contribution in [3.8, 4) is 0 Å². The Morgan fingerprint density at radius 2 is 1.97 bits per heavy atom. The molecule has 0 bridgehead atoms. The van der Waals surface area contributed by atoms with Crippen molar-refractivity contribution >= 4 is 53.6 Å². The van der Waals surface area contributed by atoms with Crippen LogP contribution in [-0.2, 0) is 27.8 Å². The molecule has 2 heterocycles. The van der Waals surface area contributed by atoms with Crippen molar-refractivity contribution in [1.29, 1.82) is 0 Å². The van der Waals surface area contributed by atoms with Gasteiger partial charge in [0.15, 0.2) is 5.13 Å². The molecule has 8 nitrogen and oxygen atoms in total. The zero-order valence-corrected chi connectivity index (χ0v) is 19.8. The van der Waals surface area contributed by atoms with Crippen LogP contribution in [-0.4, -0.2) is 28.9 Å². The molecule has 0 saturated heterocycles. The number of imidazole rings is 1. The van der Waals surface area contributed by atoms with Crippen LogP contribution in [0, 0.1) is 13.8 Å². The molecular formula is C22H25N5O3S2. The van der Waals surface area contributed by atoms with Gasteiger partial charge in [0.25, 0.3) is 0 Å². The van der Waals surface area contributed by atoms with E-state index in [1.165, 1.54) is 23.5 Å². The first kappa shape index (κ1) is 22.4. The lowest BCUT2D eigenvalue weighted by atomic mass is 10.1. The molecule has 0 radical (unpaired) electrons. The van der Waals surface area contributed by atoms with Crippen LogP contribution < -0.4 is 10.5 Å². The second-order valence-electron chi connectivity index (χ2n) is 7.87. The zero-order valence-electron chi connectivity index (χ0n) is 18.2. The van der Waals surface area contributed by atoms with E-state index in [1.54, 1.807) is 6.07 Å². The summed E-state index contributed by atoms with van der Waals surface area (Å²) in [5.41, 5.74) is 4.54. The Labute approximate surface area is 190 Å². The van der Waals surface area contributed by atoms with Crippen molar-refractivity contribution in [2.75, 3.05) is 5.32 Å². The molecule has 0 spiro atoms. The third-order valence-electron chi connectivity index (χ3n) is 5.23. The lowest BCUT2D eigenvalue weighted by Gasteiger charge is -2.08. The Balaban J connectivity index is 1.53. The molecule has 2 aromatic carbocycles. The first-order valence-corrected chi connectivity index (χ1v) is 12.7. The lowest BCUT2D eigenvalue weighted by molar-refractivity contribution is -0.116. The Hall–Kier alpha value is -2.82. The maximum Gasteiger partial charge on any atom is 0.238 e. The van der Waals surface area contributed by atoms with Crippen LogP contribution in [0.3, 0.4) is 0 Å². The standard InChI is InChI=1S/C22H25N5O3S2/c1-4-9-27-17-6-5-15(32(23,29)30)12-16(17)24-19(27)7-8-20(28)25-22-26-21-14(3)10-13(2)11-18(21)31-22/h5-6,10-12H,4,7-9H2,1-3H3,(H2,23,29,30)(H,25,26,28). The van der Waals surface area contributed by atoms with E-state index in [9.17, 15) is 13.2 Å². The van der Waals surface area contributed by atoms with Gasteiger partial charge in [-0.15, -0.1) is 0 Å². The fourth-order valence-corrected chi connectivity index (χ4v) is 5.42. The molecule has 0 unspecified atom stereocenters. The molecule has 168 valence electrons. The number of amides is 1. The highest BCUT2D eigenvalue weighted by molar-refractivity contribution is 7.89.